The largest absolute Gasteiger partial charge is 0.485 e. The highest BCUT2D eigenvalue weighted by molar-refractivity contribution is 7.99. The van der Waals surface area contributed by atoms with Gasteiger partial charge >= 0.3 is 0 Å². The first kappa shape index (κ1) is 22.9. The number of benzene rings is 2. The Labute approximate surface area is 188 Å². The number of para-hydroxylation sites is 2. The van der Waals surface area contributed by atoms with Gasteiger partial charge in [-0.2, -0.15) is 0 Å². The van der Waals surface area contributed by atoms with Crippen LogP contribution in [-0.2, 0) is 11.4 Å². The molecule has 0 bridgehead atoms. The lowest BCUT2D eigenvalue weighted by Crippen LogP contribution is -2.35. The third kappa shape index (κ3) is 5.88. The van der Waals surface area contributed by atoms with Crippen LogP contribution in [0.4, 0.5) is 0 Å². The number of nitrogens with one attached hydrogen (secondary N) is 1. The standard InChI is InChI=1S/C24H30N4O2S/c1-5-19(6-2)25-22(29)16-31-24-27-26-21(28(24)20-13-8-7-9-14-20)15-30-23-17(3)11-10-12-18(23)4/h7-14,19H,5-6,15-16H2,1-4H3,(H,25,29). The van der Waals surface area contributed by atoms with Crippen molar-refractivity contribution in [3.05, 3.63) is 65.5 Å². The van der Waals surface area contributed by atoms with E-state index in [0.29, 0.717) is 16.7 Å². The quantitative estimate of drug-likeness (QED) is 0.458. The summed E-state index contributed by atoms with van der Waals surface area (Å²) in [4.78, 5) is 12.4. The van der Waals surface area contributed by atoms with Gasteiger partial charge in [0.15, 0.2) is 11.0 Å². The molecular weight excluding hydrogens is 408 g/mol. The Kier molecular flexibility index (Phi) is 8.12. The first-order valence-electron chi connectivity index (χ1n) is 10.6. The highest BCUT2D eigenvalue weighted by atomic mass is 32.2. The lowest BCUT2D eigenvalue weighted by molar-refractivity contribution is -0.119. The van der Waals surface area contributed by atoms with Gasteiger partial charge in [0, 0.05) is 11.7 Å². The number of nitrogens with zero attached hydrogens (tertiary/aromatic N) is 3. The van der Waals surface area contributed by atoms with Crippen LogP contribution in [0.2, 0.25) is 0 Å². The second-order valence-corrected chi connectivity index (χ2v) is 8.39. The maximum absolute atomic E-state index is 12.4. The van der Waals surface area contributed by atoms with Crippen LogP contribution < -0.4 is 10.1 Å². The number of carbonyl (C=O) groups is 1. The summed E-state index contributed by atoms with van der Waals surface area (Å²) in [5, 5.41) is 12.5. The summed E-state index contributed by atoms with van der Waals surface area (Å²) in [7, 11) is 0. The molecule has 0 aliphatic carbocycles. The average molecular weight is 439 g/mol. The number of hydrogen-bond acceptors (Lipinski definition) is 5. The van der Waals surface area contributed by atoms with Crippen molar-refractivity contribution >= 4 is 17.7 Å². The van der Waals surface area contributed by atoms with E-state index in [1.807, 2.05) is 66.9 Å². The van der Waals surface area contributed by atoms with Gasteiger partial charge < -0.3 is 10.1 Å². The summed E-state index contributed by atoms with van der Waals surface area (Å²) < 4.78 is 8.09. The lowest BCUT2D eigenvalue weighted by Gasteiger charge is -2.15. The summed E-state index contributed by atoms with van der Waals surface area (Å²) in [6, 6.07) is 16.2. The van der Waals surface area contributed by atoms with Crippen molar-refractivity contribution in [2.24, 2.45) is 0 Å². The monoisotopic (exact) mass is 438 g/mol. The van der Waals surface area contributed by atoms with Crippen LogP contribution in [0, 0.1) is 13.8 Å². The number of rotatable bonds is 10. The van der Waals surface area contributed by atoms with E-state index in [2.05, 4.69) is 29.4 Å². The number of aromatic nitrogens is 3. The van der Waals surface area contributed by atoms with Crippen LogP contribution in [0.1, 0.15) is 43.6 Å². The van der Waals surface area contributed by atoms with E-state index in [9.17, 15) is 4.79 Å². The third-order valence-electron chi connectivity index (χ3n) is 5.15. The summed E-state index contributed by atoms with van der Waals surface area (Å²) in [6.07, 6.45) is 1.85. The average Bonchev–Trinajstić information content (AvgIpc) is 3.19. The maximum Gasteiger partial charge on any atom is 0.230 e. The minimum Gasteiger partial charge on any atom is -0.485 e. The SMILES string of the molecule is CCC(CC)NC(=O)CSc1nnc(COc2c(C)cccc2C)n1-c1ccccc1. The van der Waals surface area contributed by atoms with Gasteiger partial charge in [0.25, 0.3) is 0 Å². The molecule has 1 N–H and O–H groups in total. The predicted octanol–water partition coefficient (Wildman–Crippen LogP) is 4.86. The van der Waals surface area contributed by atoms with Gasteiger partial charge in [-0.25, -0.2) is 0 Å². The van der Waals surface area contributed by atoms with Gasteiger partial charge in [-0.05, 0) is 49.9 Å². The van der Waals surface area contributed by atoms with E-state index in [1.54, 1.807) is 0 Å². The van der Waals surface area contributed by atoms with Gasteiger partial charge in [-0.1, -0.05) is 62.0 Å². The van der Waals surface area contributed by atoms with Crippen molar-refractivity contribution in [1.29, 1.82) is 0 Å². The van der Waals surface area contributed by atoms with E-state index in [4.69, 9.17) is 4.74 Å². The molecule has 0 radical (unpaired) electrons. The van der Waals surface area contributed by atoms with E-state index in [1.165, 1.54) is 11.8 Å². The lowest BCUT2D eigenvalue weighted by atomic mass is 10.1. The van der Waals surface area contributed by atoms with Gasteiger partial charge in [0.05, 0.1) is 5.75 Å². The normalized spacial score (nSPS) is 11.0. The highest BCUT2D eigenvalue weighted by Crippen LogP contribution is 2.26. The molecule has 6 nitrogen and oxygen atoms in total. The molecule has 0 spiro atoms. The second kappa shape index (κ2) is 11.0. The Balaban J connectivity index is 1.79. The zero-order chi connectivity index (χ0) is 22.2. The second-order valence-electron chi connectivity index (χ2n) is 7.45. The number of carbonyl (C=O) groups excluding carboxylic acids is 1. The fourth-order valence-electron chi connectivity index (χ4n) is 3.38. The zero-order valence-electron chi connectivity index (χ0n) is 18.6. The van der Waals surface area contributed by atoms with Crippen LogP contribution >= 0.6 is 11.8 Å². The van der Waals surface area contributed by atoms with E-state index >= 15 is 0 Å². The number of amides is 1. The van der Waals surface area contributed by atoms with Gasteiger partial charge in [-0.3, -0.25) is 9.36 Å². The number of aryl methyl sites for hydroxylation is 2. The van der Waals surface area contributed by atoms with Crippen molar-refractivity contribution in [3.8, 4) is 11.4 Å². The highest BCUT2D eigenvalue weighted by Gasteiger charge is 2.18. The number of thioether (sulfide) groups is 1. The Bertz CT molecular complexity index is 980. The Hall–Kier alpha value is -2.80. The molecular formula is C24H30N4O2S. The molecule has 0 atom stereocenters. The van der Waals surface area contributed by atoms with Crippen LogP contribution in [-0.4, -0.2) is 32.5 Å². The topological polar surface area (TPSA) is 69.0 Å². The molecule has 3 aromatic rings. The third-order valence-corrected chi connectivity index (χ3v) is 6.08. The summed E-state index contributed by atoms with van der Waals surface area (Å²) >= 11 is 1.38. The van der Waals surface area contributed by atoms with Crippen LogP contribution in [0.25, 0.3) is 5.69 Å². The predicted molar refractivity (Wildman–Crippen MR) is 125 cm³/mol. The van der Waals surface area contributed by atoms with Gasteiger partial charge in [-0.15, -0.1) is 10.2 Å². The summed E-state index contributed by atoms with van der Waals surface area (Å²) in [6.45, 7) is 8.51. The molecule has 1 amide bonds. The van der Waals surface area contributed by atoms with Gasteiger partial charge in [0.2, 0.25) is 5.91 Å². The molecule has 164 valence electrons. The van der Waals surface area contributed by atoms with Crippen molar-refractivity contribution in [2.45, 2.75) is 58.3 Å². The molecule has 3 rings (SSSR count). The van der Waals surface area contributed by atoms with Gasteiger partial charge in [0.1, 0.15) is 12.4 Å². The molecule has 0 saturated heterocycles. The van der Waals surface area contributed by atoms with E-state index < -0.39 is 0 Å². The molecule has 1 heterocycles. The van der Waals surface area contributed by atoms with E-state index in [0.717, 1.165) is 35.4 Å². The molecule has 7 heteroatoms. The fourth-order valence-corrected chi connectivity index (χ4v) is 4.16. The van der Waals surface area contributed by atoms with Crippen LogP contribution in [0.5, 0.6) is 5.75 Å². The maximum atomic E-state index is 12.4. The Morgan fingerprint density at radius 3 is 2.35 bits per heavy atom. The molecule has 2 aromatic carbocycles. The first-order valence-corrected chi connectivity index (χ1v) is 11.6. The molecule has 31 heavy (non-hydrogen) atoms. The minimum absolute atomic E-state index is 0.00893. The molecule has 1 aromatic heterocycles. The van der Waals surface area contributed by atoms with Crippen molar-refractivity contribution in [3.63, 3.8) is 0 Å². The van der Waals surface area contributed by atoms with E-state index in [-0.39, 0.29) is 18.6 Å². The first-order chi connectivity index (χ1) is 15.0. The summed E-state index contributed by atoms with van der Waals surface area (Å²) in [5.41, 5.74) is 3.10. The van der Waals surface area contributed by atoms with Crippen molar-refractivity contribution in [1.82, 2.24) is 20.1 Å². The smallest absolute Gasteiger partial charge is 0.230 e. The number of hydrogen-bond donors (Lipinski definition) is 1. The minimum atomic E-state index is 0.00893. The van der Waals surface area contributed by atoms with Crippen LogP contribution in [0.15, 0.2) is 53.7 Å². The van der Waals surface area contributed by atoms with Crippen molar-refractivity contribution in [2.75, 3.05) is 5.75 Å². The molecule has 0 aliphatic rings. The molecule has 0 saturated carbocycles. The van der Waals surface area contributed by atoms with Crippen molar-refractivity contribution < 1.29 is 9.53 Å². The summed E-state index contributed by atoms with van der Waals surface area (Å²) in [5.74, 6) is 1.86. The molecule has 0 fully saturated rings. The van der Waals surface area contributed by atoms with Crippen LogP contribution in [0.3, 0.4) is 0 Å². The zero-order valence-corrected chi connectivity index (χ0v) is 19.4. The molecule has 0 unspecified atom stereocenters. The Morgan fingerprint density at radius 1 is 1.03 bits per heavy atom. The fraction of sp³-hybridized carbons (Fsp3) is 0.375. The Morgan fingerprint density at radius 2 is 1.71 bits per heavy atom. The number of ether oxygens (including phenoxy) is 1. The molecule has 0 aliphatic heterocycles.